The van der Waals surface area contributed by atoms with Crippen molar-refractivity contribution in [2.75, 3.05) is 25.5 Å². The first-order chi connectivity index (χ1) is 13.0. The number of amides is 1. The third-order valence-electron chi connectivity index (χ3n) is 3.73. The van der Waals surface area contributed by atoms with Gasteiger partial charge in [-0.25, -0.2) is 13.2 Å². The summed E-state index contributed by atoms with van der Waals surface area (Å²) < 4.78 is 39.6. The van der Waals surface area contributed by atoms with E-state index >= 15 is 0 Å². The highest BCUT2D eigenvalue weighted by Crippen LogP contribution is 2.19. The third-order valence-corrected chi connectivity index (χ3v) is 3.73. The summed E-state index contributed by atoms with van der Waals surface area (Å²) in [4.78, 5) is 15.8. The van der Waals surface area contributed by atoms with Crippen molar-refractivity contribution >= 4 is 41.5 Å². The molecule has 0 aliphatic carbocycles. The first kappa shape index (κ1) is 23.7. The summed E-state index contributed by atoms with van der Waals surface area (Å²) in [5, 5.41) is 8.01. The van der Waals surface area contributed by atoms with Gasteiger partial charge in [0.05, 0.1) is 12.2 Å². The lowest BCUT2D eigenvalue weighted by Crippen LogP contribution is -2.41. The van der Waals surface area contributed by atoms with Gasteiger partial charge in [-0.05, 0) is 30.5 Å². The lowest BCUT2D eigenvalue weighted by molar-refractivity contribution is -0.115. The summed E-state index contributed by atoms with van der Waals surface area (Å²) >= 11 is 0. The van der Waals surface area contributed by atoms with E-state index < -0.39 is 29.0 Å². The average Bonchev–Trinajstić information content (AvgIpc) is 2.68. The van der Waals surface area contributed by atoms with Gasteiger partial charge in [0.1, 0.15) is 0 Å². The first-order valence-electron chi connectivity index (χ1n) is 8.43. The molecule has 0 aliphatic rings. The molecule has 1 amide bonds. The molecule has 0 saturated heterocycles. The second-order valence-corrected chi connectivity index (χ2v) is 5.71. The molecule has 0 bridgehead atoms. The van der Waals surface area contributed by atoms with Crippen LogP contribution in [0.5, 0.6) is 0 Å². The van der Waals surface area contributed by atoms with Crippen LogP contribution in [0, 0.1) is 17.5 Å². The second-order valence-electron chi connectivity index (χ2n) is 5.71. The SMILES string of the molecule is CN=C(NCCCc1ccccc1)NCC(=O)Nc1ccc(F)c(F)c1F.I. The molecule has 0 fully saturated rings. The largest absolute Gasteiger partial charge is 0.356 e. The zero-order valence-corrected chi connectivity index (χ0v) is 17.6. The highest BCUT2D eigenvalue weighted by molar-refractivity contribution is 14.0. The quantitative estimate of drug-likeness (QED) is 0.177. The normalized spacial score (nSPS) is 10.8. The van der Waals surface area contributed by atoms with Gasteiger partial charge >= 0.3 is 0 Å². The van der Waals surface area contributed by atoms with E-state index in [1.807, 2.05) is 18.2 Å². The van der Waals surface area contributed by atoms with Gasteiger partial charge in [0.2, 0.25) is 5.91 Å². The van der Waals surface area contributed by atoms with Crippen molar-refractivity contribution in [3.05, 3.63) is 65.5 Å². The molecule has 3 N–H and O–H groups in total. The van der Waals surface area contributed by atoms with Gasteiger partial charge < -0.3 is 16.0 Å². The number of benzene rings is 2. The van der Waals surface area contributed by atoms with Crippen LogP contribution < -0.4 is 16.0 Å². The highest BCUT2D eigenvalue weighted by atomic mass is 127. The predicted octanol–water partition coefficient (Wildman–Crippen LogP) is 3.46. The molecule has 0 atom stereocenters. The van der Waals surface area contributed by atoms with E-state index in [0.717, 1.165) is 25.0 Å². The summed E-state index contributed by atoms with van der Waals surface area (Å²) in [6, 6.07) is 11.7. The number of carbonyl (C=O) groups is 1. The summed E-state index contributed by atoms with van der Waals surface area (Å²) in [7, 11) is 1.56. The molecule has 0 heterocycles. The molecule has 0 aromatic heterocycles. The molecule has 5 nitrogen and oxygen atoms in total. The molecule has 0 unspecified atom stereocenters. The number of guanidine groups is 1. The molecule has 2 aromatic rings. The molecule has 9 heteroatoms. The number of hydrogen-bond acceptors (Lipinski definition) is 2. The highest BCUT2D eigenvalue weighted by Gasteiger charge is 2.15. The summed E-state index contributed by atoms with van der Waals surface area (Å²) in [6.45, 7) is 0.435. The molecule has 0 spiro atoms. The number of aliphatic imine (C=N–C) groups is 1. The van der Waals surface area contributed by atoms with Crippen LogP contribution in [0.3, 0.4) is 0 Å². The molecular formula is C19H22F3IN4O. The van der Waals surface area contributed by atoms with E-state index in [1.54, 1.807) is 7.05 Å². The number of hydrogen-bond donors (Lipinski definition) is 3. The number of rotatable bonds is 7. The van der Waals surface area contributed by atoms with E-state index in [4.69, 9.17) is 0 Å². The molecule has 2 rings (SSSR count). The van der Waals surface area contributed by atoms with Crippen LogP contribution >= 0.6 is 24.0 Å². The van der Waals surface area contributed by atoms with Crippen LogP contribution in [0.2, 0.25) is 0 Å². The van der Waals surface area contributed by atoms with Crippen LogP contribution in [0.15, 0.2) is 47.5 Å². The van der Waals surface area contributed by atoms with Crippen LogP contribution in [0.25, 0.3) is 0 Å². The fourth-order valence-corrected chi connectivity index (χ4v) is 2.35. The fourth-order valence-electron chi connectivity index (χ4n) is 2.35. The summed E-state index contributed by atoms with van der Waals surface area (Å²) in [6.07, 6.45) is 1.78. The zero-order chi connectivity index (χ0) is 19.6. The molecule has 0 aliphatic heterocycles. The average molecular weight is 506 g/mol. The molecule has 152 valence electrons. The van der Waals surface area contributed by atoms with Gasteiger partial charge in [-0.3, -0.25) is 9.79 Å². The second kappa shape index (κ2) is 12.2. The van der Waals surface area contributed by atoms with Gasteiger partial charge in [-0.1, -0.05) is 30.3 Å². The molecular weight excluding hydrogens is 484 g/mol. The monoisotopic (exact) mass is 506 g/mol. The minimum absolute atomic E-state index is 0. The Morgan fingerprint density at radius 3 is 2.39 bits per heavy atom. The number of carbonyl (C=O) groups excluding carboxylic acids is 1. The standard InChI is InChI=1S/C19H21F3N4O.HI/c1-23-19(24-11-5-8-13-6-3-2-4-7-13)25-12-16(27)26-15-10-9-14(20)17(21)18(15)22;/h2-4,6-7,9-10H,5,8,11-12H2,1H3,(H,26,27)(H2,23,24,25);1H. The summed E-state index contributed by atoms with van der Waals surface area (Å²) in [5.41, 5.74) is 0.807. The number of aryl methyl sites for hydroxylation is 1. The Balaban J connectivity index is 0.00000392. The topological polar surface area (TPSA) is 65.5 Å². The first-order valence-corrected chi connectivity index (χ1v) is 8.43. The van der Waals surface area contributed by atoms with E-state index in [9.17, 15) is 18.0 Å². The minimum atomic E-state index is -1.63. The Kier molecular flexibility index (Phi) is 10.4. The molecule has 28 heavy (non-hydrogen) atoms. The van der Waals surface area contributed by atoms with Crippen LogP contribution in [0.4, 0.5) is 18.9 Å². The maximum Gasteiger partial charge on any atom is 0.243 e. The molecule has 0 saturated carbocycles. The maximum absolute atomic E-state index is 13.5. The van der Waals surface area contributed by atoms with Gasteiger partial charge in [0, 0.05) is 13.6 Å². The van der Waals surface area contributed by atoms with E-state index in [1.165, 1.54) is 5.56 Å². The fraction of sp³-hybridized carbons (Fsp3) is 0.263. The van der Waals surface area contributed by atoms with E-state index in [2.05, 4.69) is 33.1 Å². The van der Waals surface area contributed by atoms with Crippen molar-refractivity contribution in [3.63, 3.8) is 0 Å². The number of halogens is 4. The molecule has 0 radical (unpaired) electrons. The van der Waals surface area contributed by atoms with Crippen molar-refractivity contribution < 1.29 is 18.0 Å². The zero-order valence-electron chi connectivity index (χ0n) is 15.3. The lowest BCUT2D eigenvalue weighted by Gasteiger charge is -2.12. The maximum atomic E-state index is 13.5. The van der Waals surface area contributed by atoms with Crippen LogP contribution in [0.1, 0.15) is 12.0 Å². The Hall–Kier alpha value is -2.30. The Morgan fingerprint density at radius 1 is 1.00 bits per heavy atom. The van der Waals surface area contributed by atoms with Crippen LogP contribution in [-0.4, -0.2) is 32.0 Å². The molecule has 2 aromatic carbocycles. The smallest absolute Gasteiger partial charge is 0.243 e. The third kappa shape index (κ3) is 7.37. The number of nitrogens with one attached hydrogen (secondary N) is 3. The van der Waals surface area contributed by atoms with E-state index in [-0.39, 0.29) is 30.5 Å². The van der Waals surface area contributed by atoms with Gasteiger partial charge in [-0.15, -0.1) is 24.0 Å². The van der Waals surface area contributed by atoms with Crippen molar-refractivity contribution in [1.82, 2.24) is 10.6 Å². The Bertz CT molecular complexity index is 803. The van der Waals surface area contributed by atoms with Crippen molar-refractivity contribution in [2.45, 2.75) is 12.8 Å². The Labute approximate surface area is 178 Å². The summed E-state index contributed by atoms with van der Waals surface area (Å²) in [5.74, 6) is -4.59. The predicted molar refractivity (Wildman–Crippen MR) is 114 cm³/mol. The lowest BCUT2D eigenvalue weighted by atomic mass is 10.1. The van der Waals surface area contributed by atoms with Gasteiger partial charge in [-0.2, -0.15) is 0 Å². The van der Waals surface area contributed by atoms with E-state index in [0.29, 0.717) is 12.5 Å². The minimum Gasteiger partial charge on any atom is -0.356 e. The van der Waals surface area contributed by atoms with Gasteiger partial charge in [0.15, 0.2) is 23.4 Å². The van der Waals surface area contributed by atoms with Crippen molar-refractivity contribution in [2.24, 2.45) is 4.99 Å². The van der Waals surface area contributed by atoms with Crippen molar-refractivity contribution in [1.29, 1.82) is 0 Å². The number of nitrogens with zero attached hydrogens (tertiary/aromatic N) is 1. The Morgan fingerprint density at radius 2 is 1.71 bits per heavy atom. The van der Waals surface area contributed by atoms with Crippen molar-refractivity contribution in [3.8, 4) is 0 Å². The van der Waals surface area contributed by atoms with Gasteiger partial charge in [0.25, 0.3) is 0 Å². The number of anilines is 1. The van der Waals surface area contributed by atoms with Crippen LogP contribution in [-0.2, 0) is 11.2 Å².